The lowest BCUT2D eigenvalue weighted by Crippen LogP contribution is -2.44. The van der Waals surface area contributed by atoms with Crippen molar-refractivity contribution < 1.29 is 4.79 Å². The van der Waals surface area contributed by atoms with Crippen LogP contribution in [-0.2, 0) is 4.79 Å². The zero-order valence-corrected chi connectivity index (χ0v) is 5.26. The first-order chi connectivity index (χ1) is 4.34. The topological polar surface area (TPSA) is 32.3 Å². The zero-order valence-electron chi connectivity index (χ0n) is 5.26. The average Bonchev–Trinajstić information content (AvgIpc) is 2.11. The number of amides is 1. The van der Waals surface area contributed by atoms with Crippen molar-refractivity contribution in [3.63, 3.8) is 0 Å². The molecule has 2 aliphatic heterocycles. The first-order valence-electron chi connectivity index (χ1n) is 3.39. The van der Waals surface area contributed by atoms with Gasteiger partial charge in [-0.2, -0.15) is 0 Å². The summed E-state index contributed by atoms with van der Waals surface area (Å²) in [6.45, 7) is 2.13. The Balaban J connectivity index is 2.11. The van der Waals surface area contributed by atoms with Crippen LogP contribution in [0.3, 0.4) is 0 Å². The number of hydrogen-bond donors (Lipinski definition) is 1. The van der Waals surface area contributed by atoms with Gasteiger partial charge >= 0.3 is 0 Å². The van der Waals surface area contributed by atoms with Crippen LogP contribution in [0.2, 0.25) is 0 Å². The fourth-order valence-corrected chi connectivity index (χ4v) is 1.59. The highest BCUT2D eigenvalue weighted by Gasteiger charge is 2.30. The van der Waals surface area contributed by atoms with Gasteiger partial charge in [-0.15, -0.1) is 0 Å². The minimum atomic E-state index is 0.198. The summed E-state index contributed by atoms with van der Waals surface area (Å²) in [5, 5.41) is 2.01. The molecule has 2 bridgehead atoms. The third-order valence-electron chi connectivity index (χ3n) is 2.04. The van der Waals surface area contributed by atoms with E-state index in [0.29, 0.717) is 5.92 Å². The van der Waals surface area contributed by atoms with E-state index < -0.39 is 0 Å². The van der Waals surface area contributed by atoms with Crippen LogP contribution < -0.4 is 5.43 Å². The second-order valence-corrected chi connectivity index (χ2v) is 2.84. The second kappa shape index (κ2) is 1.70. The Bertz CT molecular complexity index is 132. The fraction of sp³-hybridized carbons (Fsp3) is 0.833. The molecule has 0 spiro atoms. The number of nitrogens with one attached hydrogen (secondary N) is 1. The van der Waals surface area contributed by atoms with E-state index in [0.717, 1.165) is 19.5 Å². The largest absolute Gasteiger partial charge is 0.289 e. The van der Waals surface area contributed by atoms with Gasteiger partial charge in [0.15, 0.2) is 0 Å². The van der Waals surface area contributed by atoms with Crippen LogP contribution in [-0.4, -0.2) is 24.0 Å². The molecule has 0 aromatic carbocycles. The Morgan fingerprint density at radius 1 is 1.67 bits per heavy atom. The summed E-state index contributed by atoms with van der Waals surface area (Å²) in [6, 6.07) is 0. The third-order valence-corrected chi connectivity index (χ3v) is 2.04. The van der Waals surface area contributed by atoms with Gasteiger partial charge in [0, 0.05) is 19.5 Å². The highest BCUT2D eigenvalue weighted by molar-refractivity contribution is 5.76. The normalized spacial score (nSPS) is 40.7. The van der Waals surface area contributed by atoms with E-state index in [1.807, 2.05) is 5.01 Å². The summed E-state index contributed by atoms with van der Waals surface area (Å²) in [5.41, 5.74) is 2.80. The molecule has 0 aliphatic carbocycles. The van der Waals surface area contributed by atoms with Gasteiger partial charge < -0.3 is 0 Å². The summed E-state index contributed by atoms with van der Waals surface area (Å²) >= 11 is 0. The van der Waals surface area contributed by atoms with E-state index >= 15 is 0 Å². The number of nitrogens with zero attached hydrogens (tertiary/aromatic N) is 1. The molecule has 3 heteroatoms. The van der Waals surface area contributed by atoms with E-state index in [4.69, 9.17) is 0 Å². The quantitative estimate of drug-likeness (QED) is 0.485. The van der Waals surface area contributed by atoms with Gasteiger partial charge in [0.2, 0.25) is 5.91 Å². The van der Waals surface area contributed by atoms with Crippen LogP contribution in [0.4, 0.5) is 0 Å². The van der Waals surface area contributed by atoms with E-state index in [9.17, 15) is 4.79 Å². The molecule has 0 aromatic rings. The lowest BCUT2D eigenvalue weighted by molar-refractivity contribution is -0.128. The molecule has 9 heavy (non-hydrogen) atoms. The van der Waals surface area contributed by atoms with Gasteiger partial charge in [-0.3, -0.25) is 10.2 Å². The predicted octanol–water partition coefficient (Wildman–Crippen LogP) is -0.257. The van der Waals surface area contributed by atoms with E-state index in [1.54, 1.807) is 0 Å². The standard InChI is InChI=1S/C6H10N2O/c9-6-3-5-1-2-8(4-5)7-6/h5H,1-4H2,(H,7,9). The van der Waals surface area contributed by atoms with Crippen LogP contribution in [0.25, 0.3) is 0 Å². The number of carbonyl (C=O) groups excluding carboxylic acids is 1. The Kier molecular flexibility index (Phi) is 0.990. The fourth-order valence-electron chi connectivity index (χ4n) is 1.59. The lowest BCUT2D eigenvalue weighted by Gasteiger charge is -2.22. The highest BCUT2D eigenvalue weighted by atomic mass is 16.2. The maximum Gasteiger partial charge on any atom is 0.234 e. The summed E-state index contributed by atoms with van der Waals surface area (Å²) in [5.74, 6) is 0.850. The molecule has 50 valence electrons. The molecule has 0 saturated carbocycles. The number of carbonyl (C=O) groups is 1. The molecule has 2 saturated heterocycles. The van der Waals surface area contributed by atoms with Gasteiger partial charge in [-0.1, -0.05) is 0 Å². The van der Waals surface area contributed by atoms with Gasteiger partial charge in [-0.25, -0.2) is 5.01 Å². The first-order valence-corrected chi connectivity index (χ1v) is 3.39. The van der Waals surface area contributed by atoms with E-state index in [1.165, 1.54) is 6.42 Å². The zero-order chi connectivity index (χ0) is 6.27. The van der Waals surface area contributed by atoms with Crippen molar-refractivity contribution in [3.05, 3.63) is 0 Å². The van der Waals surface area contributed by atoms with Crippen LogP contribution >= 0.6 is 0 Å². The van der Waals surface area contributed by atoms with Crippen molar-refractivity contribution in [3.8, 4) is 0 Å². The Labute approximate surface area is 54.0 Å². The SMILES string of the molecule is O=C1CC2CCN(C2)N1. The van der Waals surface area contributed by atoms with Crippen molar-refractivity contribution >= 4 is 5.91 Å². The molecule has 1 amide bonds. The molecule has 0 aromatic heterocycles. The Morgan fingerprint density at radius 2 is 2.56 bits per heavy atom. The number of rotatable bonds is 0. The van der Waals surface area contributed by atoms with Crippen molar-refractivity contribution in [2.45, 2.75) is 12.8 Å². The summed E-state index contributed by atoms with van der Waals surface area (Å²) < 4.78 is 0. The van der Waals surface area contributed by atoms with Crippen LogP contribution in [0.5, 0.6) is 0 Å². The van der Waals surface area contributed by atoms with Crippen molar-refractivity contribution in [2.75, 3.05) is 13.1 Å². The molecule has 2 atom stereocenters. The first kappa shape index (κ1) is 5.23. The van der Waals surface area contributed by atoms with E-state index in [2.05, 4.69) is 5.43 Å². The Hall–Kier alpha value is -0.570. The molecule has 3 nitrogen and oxygen atoms in total. The van der Waals surface area contributed by atoms with Crippen LogP contribution in [0, 0.1) is 5.92 Å². The van der Waals surface area contributed by atoms with Crippen molar-refractivity contribution in [2.24, 2.45) is 5.92 Å². The minimum Gasteiger partial charge on any atom is -0.289 e. The maximum atomic E-state index is 10.8. The minimum absolute atomic E-state index is 0.198. The molecule has 2 rings (SSSR count). The van der Waals surface area contributed by atoms with Gasteiger partial charge in [0.25, 0.3) is 0 Å². The second-order valence-electron chi connectivity index (χ2n) is 2.84. The van der Waals surface area contributed by atoms with Gasteiger partial charge in [0.1, 0.15) is 0 Å². The average molecular weight is 126 g/mol. The Morgan fingerprint density at radius 3 is 3.33 bits per heavy atom. The third kappa shape index (κ3) is 0.812. The maximum absolute atomic E-state index is 10.8. The smallest absolute Gasteiger partial charge is 0.234 e. The van der Waals surface area contributed by atoms with Crippen molar-refractivity contribution in [1.82, 2.24) is 10.4 Å². The molecular formula is C6H10N2O. The number of fused-ring (bicyclic) bond motifs is 2. The molecule has 2 heterocycles. The lowest BCUT2D eigenvalue weighted by atomic mass is 10.0. The molecule has 0 radical (unpaired) electrons. The molecule has 2 aliphatic rings. The highest BCUT2D eigenvalue weighted by Crippen LogP contribution is 2.21. The monoisotopic (exact) mass is 126 g/mol. The molecule has 2 unspecified atom stereocenters. The summed E-state index contributed by atoms with van der Waals surface area (Å²) in [6.07, 6.45) is 1.94. The number of hydrogen-bond acceptors (Lipinski definition) is 2. The van der Waals surface area contributed by atoms with E-state index in [-0.39, 0.29) is 5.91 Å². The van der Waals surface area contributed by atoms with Crippen LogP contribution in [0.1, 0.15) is 12.8 Å². The molecule has 1 N–H and O–H groups in total. The van der Waals surface area contributed by atoms with Gasteiger partial charge in [0.05, 0.1) is 0 Å². The van der Waals surface area contributed by atoms with Crippen molar-refractivity contribution in [1.29, 1.82) is 0 Å². The van der Waals surface area contributed by atoms with Gasteiger partial charge in [-0.05, 0) is 12.3 Å². The number of hydrazine groups is 1. The van der Waals surface area contributed by atoms with Crippen LogP contribution in [0.15, 0.2) is 0 Å². The molecule has 2 fully saturated rings. The summed E-state index contributed by atoms with van der Waals surface area (Å²) in [7, 11) is 0. The molecular weight excluding hydrogens is 116 g/mol. The summed E-state index contributed by atoms with van der Waals surface area (Å²) in [4.78, 5) is 10.8. The predicted molar refractivity (Wildman–Crippen MR) is 32.4 cm³/mol.